The van der Waals surface area contributed by atoms with Crippen LogP contribution in [0.25, 0.3) is 0 Å². The molecule has 18 heavy (non-hydrogen) atoms. The number of aliphatic hydroxyl groups is 1. The summed E-state index contributed by atoms with van der Waals surface area (Å²) >= 11 is 9.24. The summed E-state index contributed by atoms with van der Waals surface area (Å²) in [6, 6.07) is 5.14. The number of carbonyl (C=O) groups excluding carboxylic acids is 1. The Balaban J connectivity index is 2.39. The molecule has 0 radical (unpaired) electrons. The maximum Gasteiger partial charge on any atom is 0.252 e. The van der Waals surface area contributed by atoms with Crippen LogP contribution in [0.4, 0.5) is 0 Å². The van der Waals surface area contributed by atoms with E-state index in [0.717, 1.165) is 4.47 Å². The Hall–Kier alpha value is -0.620. The van der Waals surface area contributed by atoms with Gasteiger partial charge in [-0.15, -0.1) is 0 Å². The molecule has 0 saturated heterocycles. The molecule has 0 fully saturated rings. The van der Waals surface area contributed by atoms with Crippen LogP contribution >= 0.6 is 27.5 Å². The fourth-order valence-corrected chi connectivity index (χ4v) is 1.91. The fourth-order valence-electron chi connectivity index (χ4n) is 1.34. The molecular formula is C12H16BrClN2O2. The maximum absolute atomic E-state index is 11.8. The molecular weight excluding hydrogens is 320 g/mol. The second-order valence-electron chi connectivity index (χ2n) is 3.93. The van der Waals surface area contributed by atoms with Crippen molar-refractivity contribution < 1.29 is 9.90 Å². The van der Waals surface area contributed by atoms with E-state index < -0.39 is 0 Å². The van der Waals surface area contributed by atoms with Gasteiger partial charge in [0.05, 0.1) is 16.7 Å². The van der Waals surface area contributed by atoms with Crippen LogP contribution in [0.5, 0.6) is 0 Å². The summed E-state index contributed by atoms with van der Waals surface area (Å²) in [7, 11) is 0. The third kappa shape index (κ3) is 5.35. The van der Waals surface area contributed by atoms with Crippen molar-refractivity contribution in [2.75, 3.05) is 19.6 Å². The van der Waals surface area contributed by atoms with E-state index in [9.17, 15) is 4.79 Å². The lowest BCUT2D eigenvalue weighted by Gasteiger charge is -2.09. The highest BCUT2D eigenvalue weighted by molar-refractivity contribution is 9.10. The molecule has 1 unspecified atom stereocenters. The summed E-state index contributed by atoms with van der Waals surface area (Å²) in [6.45, 7) is 3.29. The van der Waals surface area contributed by atoms with Crippen LogP contribution in [0.3, 0.4) is 0 Å². The van der Waals surface area contributed by atoms with Crippen molar-refractivity contribution in [1.29, 1.82) is 0 Å². The fraction of sp³-hybridized carbons (Fsp3) is 0.417. The van der Waals surface area contributed by atoms with Gasteiger partial charge in [0.15, 0.2) is 0 Å². The summed E-state index contributed by atoms with van der Waals surface area (Å²) in [5.74, 6) is -0.208. The van der Waals surface area contributed by atoms with Crippen molar-refractivity contribution in [3.05, 3.63) is 33.3 Å². The van der Waals surface area contributed by atoms with E-state index in [1.54, 1.807) is 25.1 Å². The predicted molar refractivity (Wildman–Crippen MR) is 76.0 cm³/mol. The summed E-state index contributed by atoms with van der Waals surface area (Å²) < 4.78 is 0.810. The third-order valence-electron chi connectivity index (χ3n) is 2.20. The number of aliphatic hydroxyl groups excluding tert-OH is 1. The highest BCUT2D eigenvalue weighted by Crippen LogP contribution is 2.20. The van der Waals surface area contributed by atoms with Crippen LogP contribution in [-0.2, 0) is 0 Å². The second kappa shape index (κ2) is 7.74. The van der Waals surface area contributed by atoms with E-state index in [2.05, 4.69) is 26.6 Å². The SMILES string of the molecule is CC(O)CNCCNC(=O)c1cc(Br)ccc1Cl. The average Bonchev–Trinajstić information content (AvgIpc) is 2.31. The smallest absolute Gasteiger partial charge is 0.252 e. The van der Waals surface area contributed by atoms with Gasteiger partial charge in [0.1, 0.15) is 0 Å². The Bertz CT molecular complexity index is 413. The zero-order valence-electron chi connectivity index (χ0n) is 10.0. The number of hydrogen-bond acceptors (Lipinski definition) is 3. The molecule has 0 spiro atoms. The normalized spacial score (nSPS) is 12.2. The highest BCUT2D eigenvalue weighted by Gasteiger charge is 2.09. The molecule has 0 aliphatic rings. The second-order valence-corrected chi connectivity index (χ2v) is 5.26. The summed E-state index contributed by atoms with van der Waals surface area (Å²) in [5.41, 5.74) is 0.446. The number of halogens is 2. The van der Waals surface area contributed by atoms with Gasteiger partial charge in [0.2, 0.25) is 0 Å². The van der Waals surface area contributed by atoms with Crippen molar-refractivity contribution in [2.45, 2.75) is 13.0 Å². The van der Waals surface area contributed by atoms with Gasteiger partial charge in [-0.05, 0) is 25.1 Å². The van der Waals surface area contributed by atoms with E-state index >= 15 is 0 Å². The molecule has 1 aromatic carbocycles. The summed E-state index contributed by atoms with van der Waals surface area (Å²) in [6.07, 6.45) is -0.389. The molecule has 100 valence electrons. The van der Waals surface area contributed by atoms with E-state index in [1.807, 2.05) is 0 Å². The number of amides is 1. The van der Waals surface area contributed by atoms with Gasteiger partial charge < -0.3 is 15.7 Å². The molecule has 4 nitrogen and oxygen atoms in total. The van der Waals surface area contributed by atoms with Crippen LogP contribution in [0.1, 0.15) is 17.3 Å². The molecule has 0 aliphatic heterocycles. The Labute approximate surface area is 120 Å². The number of rotatable bonds is 6. The number of carbonyl (C=O) groups is 1. The van der Waals surface area contributed by atoms with Gasteiger partial charge in [0, 0.05) is 24.1 Å². The Kier molecular flexibility index (Phi) is 6.63. The molecule has 1 amide bonds. The summed E-state index contributed by atoms with van der Waals surface area (Å²) in [4.78, 5) is 11.8. The van der Waals surface area contributed by atoms with Crippen molar-refractivity contribution in [1.82, 2.24) is 10.6 Å². The van der Waals surface area contributed by atoms with E-state index in [1.165, 1.54) is 0 Å². The van der Waals surface area contributed by atoms with Crippen LogP contribution in [0, 0.1) is 0 Å². The van der Waals surface area contributed by atoms with Crippen molar-refractivity contribution in [3.8, 4) is 0 Å². The monoisotopic (exact) mass is 334 g/mol. The quantitative estimate of drug-likeness (QED) is 0.695. The molecule has 3 N–H and O–H groups in total. The predicted octanol–water partition coefficient (Wildman–Crippen LogP) is 1.80. The molecule has 1 atom stereocenters. The third-order valence-corrected chi connectivity index (χ3v) is 3.02. The minimum absolute atomic E-state index is 0.208. The molecule has 0 heterocycles. The zero-order valence-corrected chi connectivity index (χ0v) is 12.4. The average molecular weight is 336 g/mol. The van der Waals surface area contributed by atoms with Crippen LogP contribution in [0.15, 0.2) is 22.7 Å². The lowest BCUT2D eigenvalue weighted by Crippen LogP contribution is -2.34. The first-order chi connectivity index (χ1) is 8.50. The van der Waals surface area contributed by atoms with Gasteiger partial charge in [0.25, 0.3) is 5.91 Å². The standard InChI is InChI=1S/C12H16BrClN2O2/c1-8(17)7-15-4-5-16-12(18)10-6-9(13)2-3-11(10)14/h2-3,6,8,15,17H,4-5,7H2,1H3,(H,16,18). The van der Waals surface area contributed by atoms with E-state index in [-0.39, 0.29) is 12.0 Å². The van der Waals surface area contributed by atoms with Crippen molar-refractivity contribution in [2.24, 2.45) is 0 Å². The molecule has 1 rings (SSSR count). The zero-order chi connectivity index (χ0) is 13.5. The van der Waals surface area contributed by atoms with Gasteiger partial charge in [-0.1, -0.05) is 27.5 Å². The van der Waals surface area contributed by atoms with Crippen molar-refractivity contribution in [3.63, 3.8) is 0 Å². The Morgan fingerprint density at radius 1 is 1.50 bits per heavy atom. The first-order valence-corrected chi connectivity index (χ1v) is 6.80. The number of nitrogens with one attached hydrogen (secondary N) is 2. The molecule has 0 saturated carbocycles. The number of hydrogen-bond donors (Lipinski definition) is 3. The molecule has 6 heteroatoms. The highest BCUT2D eigenvalue weighted by atomic mass is 79.9. The van der Waals surface area contributed by atoms with Gasteiger partial charge >= 0.3 is 0 Å². The Morgan fingerprint density at radius 3 is 2.89 bits per heavy atom. The van der Waals surface area contributed by atoms with Gasteiger partial charge in [-0.25, -0.2) is 0 Å². The van der Waals surface area contributed by atoms with Crippen LogP contribution < -0.4 is 10.6 Å². The topological polar surface area (TPSA) is 61.4 Å². The molecule has 0 aromatic heterocycles. The first-order valence-electron chi connectivity index (χ1n) is 5.62. The van der Waals surface area contributed by atoms with Gasteiger partial charge in [-0.3, -0.25) is 4.79 Å². The van der Waals surface area contributed by atoms with E-state index in [4.69, 9.17) is 16.7 Å². The molecule has 0 bridgehead atoms. The van der Waals surface area contributed by atoms with Crippen LogP contribution in [0.2, 0.25) is 5.02 Å². The van der Waals surface area contributed by atoms with Crippen LogP contribution in [-0.4, -0.2) is 36.8 Å². The Morgan fingerprint density at radius 2 is 2.22 bits per heavy atom. The maximum atomic E-state index is 11.8. The minimum Gasteiger partial charge on any atom is -0.392 e. The molecule has 0 aliphatic carbocycles. The number of benzene rings is 1. The molecule has 1 aromatic rings. The largest absolute Gasteiger partial charge is 0.392 e. The lowest BCUT2D eigenvalue weighted by molar-refractivity contribution is 0.0953. The van der Waals surface area contributed by atoms with E-state index in [0.29, 0.717) is 30.2 Å². The lowest BCUT2D eigenvalue weighted by atomic mass is 10.2. The summed E-state index contributed by atoms with van der Waals surface area (Å²) in [5, 5.41) is 15.2. The first kappa shape index (κ1) is 15.4. The van der Waals surface area contributed by atoms with Gasteiger partial charge in [-0.2, -0.15) is 0 Å². The van der Waals surface area contributed by atoms with Crippen molar-refractivity contribution >= 4 is 33.4 Å². The minimum atomic E-state index is -0.389.